The van der Waals surface area contributed by atoms with Crippen LogP contribution in [0.5, 0.6) is 0 Å². The summed E-state index contributed by atoms with van der Waals surface area (Å²) in [6, 6.07) is 4.65. The molecule has 0 saturated heterocycles. The van der Waals surface area contributed by atoms with Crippen LogP contribution in [0.4, 0.5) is 0 Å². The number of hydrogen-bond donors (Lipinski definition) is 0. The third kappa shape index (κ3) is 3.87. The van der Waals surface area contributed by atoms with E-state index in [1.807, 2.05) is 52.0 Å². The Kier molecular flexibility index (Phi) is 8.54. The maximum atomic E-state index is 3.99. The van der Waals surface area contributed by atoms with Crippen LogP contribution in [0.25, 0.3) is 45.6 Å². The van der Waals surface area contributed by atoms with Crippen molar-refractivity contribution in [2.45, 2.75) is 41.5 Å². The standard InChI is InChI=1S/C22H21P.2C2H6/c1-7-15-13(5)18-11-20-17(9-3)21(10-4)23-22(20)12-19(18)14(6)16(15)8-2;2*1-2/h7-12,23H,1-4H2,5-6H3;2*1-2H3. The highest BCUT2D eigenvalue weighted by atomic mass is 31.0. The highest BCUT2D eigenvalue weighted by Gasteiger charge is 2.14. The number of hydrogen-bond acceptors (Lipinski definition) is 0. The average Bonchev–Trinajstić information content (AvgIpc) is 3.08. The lowest BCUT2D eigenvalue weighted by molar-refractivity contribution is 1.42. The molecule has 3 aromatic rings. The molecular weight excluding hydrogens is 343 g/mol. The van der Waals surface area contributed by atoms with Crippen molar-refractivity contribution in [3.63, 3.8) is 0 Å². The molecule has 142 valence electrons. The minimum Gasteiger partial charge on any atom is -0.123 e. The molecule has 0 aliphatic carbocycles. The van der Waals surface area contributed by atoms with Gasteiger partial charge in [0.1, 0.15) is 0 Å². The number of benzene rings is 2. The van der Waals surface area contributed by atoms with E-state index in [1.54, 1.807) is 0 Å². The Bertz CT molecular complexity index is 997. The van der Waals surface area contributed by atoms with Crippen LogP contribution in [-0.2, 0) is 0 Å². The molecule has 1 unspecified atom stereocenters. The molecule has 0 amide bonds. The van der Waals surface area contributed by atoms with E-state index in [4.69, 9.17) is 0 Å². The third-order valence-corrected chi connectivity index (χ3v) is 6.16. The molecular formula is C26H33P. The van der Waals surface area contributed by atoms with Crippen LogP contribution in [0.3, 0.4) is 0 Å². The molecule has 2 aromatic carbocycles. The van der Waals surface area contributed by atoms with Gasteiger partial charge in [0.15, 0.2) is 0 Å². The van der Waals surface area contributed by atoms with Crippen molar-refractivity contribution in [1.29, 1.82) is 0 Å². The Labute approximate surface area is 167 Å². The van der Waals surface area contributed by atoms with E-state index in [0.29, 0.717) is 8.19 Å². The zero-order valence-corrected chi connectivity index (χ0v) is 18.8. The lowest BCUT2D eigenvalue weighted by Gasteiger charge is -2.15. The molecule has 0 N–H and O–H groups in total. The fourth-order valence-electron chi connectivity index (χ4n) is 3.51. The first-order valence-electron chi connectivity index (χ1n) is 9.69. The quantitative estimate of drug-likeness (QED) is 0.425. The van der Waals surface area contributed by atoms with Crippen molar-refractivity contribution in [3.05, 3.63) is 71.6 Å². The molecule has 0 bridgehead atoms. The second-order valence-corrected chi connectivity index (χ2v) is 7.12. The summed E-state index contributed by atoms with van der Waals surface area (Å²) in [5.41, 5.74) is 6.12. The van der Waals surface area contributed by atoms with Crippen LogP contribution in [-0.4, -0.2) is 0 Å². The van der Waals surface area contributed by atoms with Crippen molar-refractivity contribution >= 4 is 53.8 Å². The molecule has 0 radical (unpaired) electrons. The summed E-state index contributed by atoms with van der Waals surface area (Å²) < 4.78 is 0. The highest BCUT2D eigenvalue weighted by Crippen LogP contribution is 2.42. The topological polar surface area (TPSA) is 0 Å². The van der Waals surface area contributed by atoms with Gasteiger partial charge in [-0.2, -0.15) is 0 Å². The maximum absolute atomic E-state index is 3.99. The Balaban J connectivity index is 0.000000855. The molecule has 0 nitrogen and oxygen atoms in total. The van der Waals surface area contributed by atoms with Crippen molar-refractivity contribution in [1.82, 2.24) is 0 Å². The van der Waals surface area contributed by atoms with E-state index in [2.05, 4.69) is 52.3 Å². The summed E-state index contributed by atoms with van der Waals surface area (Å²) in [5.74, 6) is 0. The van der Waals surface area contributed by atoms with Gasteiger partial charge in [0, 0.05) is 5.12 Å². The first-order valence-corrected chi connectivity index (χ1v) is 10.7. The zero-order valence-electron chi connectivity index (χ0n) is 17.8. The number of rotatable bonds is 4. The van der Waals surface area contributed by atoms with Gasteiger partial charge in [0.25, 0.3) is 0 Å². The molecule has 0 saturated carbocycles. The van der Waals surface area contributed by atoms with E-state index in [1.165, 1.54) is 54.4 Å². The Hall–Kier alpha value is -2.30. The average molecular weight is 377 g/mol. The SMILES string of the molecule is C=Cc1[pH]c2cc3c(C)c(C=C)c(C=C)c(C)c3cc2c1C=C.CC.CC. The van der Waals surface area contributed by atoms with E-state index in [0.717, 1.165) is 0 Å². The highest BCUT2D eigenvalue weighted by molar-refractivity contribution is 7.39. The van der Waals surface area contributed by atoms with Gasteiger partial charge < -0.3 is 0 Å². The molecule has 1 atom stereocenters. The smallest absolute Gasteiger partial charge is 0.0000444 e. The van der Waals surface area contributed by atoms with Crippen LogP contribution in [0.1, 0.15) is 60.8 Å². The molecule has 0 aliphatic heterocycles. The van der Waals surface area contributed by atoms with Gasteiger partial charge in [-0.1, -0.05) is 78.3 Å². The van der Waals surface area contributed by atoms with Gasteiger partial charge in [-0.25, -0.2) is 0 Å². The Morgan fingerprint density at radius 2 is 1.07 bits per heavy atom. The first kappa shape index (κ1) is 22.7. The molecule has 1 aromatic heterocycles. The van der Waals surface area contributed by atoms with Gasteiger partial charge in [0.2, 0.25) is 0 Å². The largest absolute Gasteiger partial charge is 0.123 e. The van der Waals surface area contributed by atoms with Gasteiger partial charge in [0.05, 0.1) is 0 Å². The lowest BCUT2D eigenvalue weighted by Crippen LogP contribution is -1.94. The minimum atomic E-state index is 0.654. The van der Waals surface area contributed by atoms with Gasteiger partial charge in [-0.3, -0.25) is 0 Å². The normalized spacial score (nSPS) is 10.0. The molecule has 0 fully saturated rings. The van der Waals surface area contributed by atoms with Crippen LogP contribution < -0.4 is 0 Å². The van der Waals surface area contributed by atoms with Crippen LogP contribution in [0.15, 0.2) is 38.4 Å². The summed E-state index contributed by atoms with van der Waals surface area (Å²) in [6.45, 7) is 28.3. The summed E-state index contributed by atoms with van der Waals surface area (Å²) in [4.78, 5) is 0. The second-order valence-electron chi connectivity index (χ2n) is 5.79. The van der Waals surface area contributed by atoms with Crippen molar-refractivity contribution in [2.75, 3.05) is 0 Å². The first-order chi connectivity index (χ1) is 13.1. The molecule has 0 aliphatic rings. The Morgan fingerprint density at radius 3 is 1.48 bits per heavy atom. The Morgan fingerprint density at radius 1 is 0.630 bits per heavy atom. The minimum absolute atomic E-state index is 0.654. The van der Waals surface area contributed by atoms with E-state index >= 15 is 0 Å². The molecule has 27 heavy (non-hydrogen) atoms. The summed E-state index contributed by atoms with van der Waals surface area (Å²) >= 11 is 0. The third-order valence-electron chi connectivity index (χ3n) is 4.73. The number of aryl methyl sites for hydroxylation is 2. The molecule has 1 heterocycles. The van der Waals surface area contributed by atoms with Gasteiger partial charge in [-0.15, -0.1) is 8.19 Å². The lowest BCUT2D eigenvalue weighted by atomic mass is 9.89. The van der Waals surface area contributed by atoms with Crippen LogP contribution >= 0.6 is 8.19 Å². The summed E-state index contributed by atoms with van der Waals surface area (Å²) in [7, 11) is 0.654. The molecule has 1 heteroatoms. The summed E-state index contributed by atoms with van der Waals surface area (Å²) in [6.07, 6.45) is 7.80. The van der Waals surface area contributed by atoms with Crippen LogP contribution in [0, 0.1) is 13.8 Å². The van der Waals surface area contributed by atoms with Crippen LogP contribution in [0.2, 0.25) is 0 Å². The predicted octanol–water partition coefficient (Wildman–Crippen LogP) is 9.27. The monoisotopic (exact) mass is 376 g/mol. The van der Waals surface area contributed by atoms with E-state index in [9.17, 15) is 0 Å². The fourth-order valence-corrected chi connectivity index (χ4v) is 4.83. The molecule has 3 rings (SSSR count). The second kappa shape index (κ2) is 10.1. The van der Waals surface area contributed by atoms with Crippen molar-refractivity contribution < 1.29 is 0 Å². The summed E-state index contributed by atoms with van der Waals surface area (Å²) in [5, 5.41) is 6.56. The number of fused-ring (bicyclic) bond motifs is 2. The fraction of sp³-hybridized carbons (Fsp3) is 0.231. The van der Waals surface area contributed by atoms with Gasteiger partial charge in [-0.05, 0) is 75.3 Å². The molecule has 0 spiro atoms. The maximum Gasteiger partial charge on any atom is 0.0000444 e. The predicted molar refractivity (Wildman–Crippen MR) is 133 cm³/mol. The van der Waals surface area contributed by atoms with E-state index < -0.39 is 0 Å². The van der Waals surface area contributed by atoms with Crippen molar-refractivity contribution in [2.24, 2.45) is 0 Å². The van der Waals surface area contributed by atoms with E-state index in [-0.39, 0.29) is 0 Å². The van der Waals surface area contributed by atoms with Gasteiger partial charge >= 0.3 is 0 Å². The zero-order chi connectivity index (χ0) is 20.7. The van der Waals surface area contributed by atoms with Crippen molar-refractivity contribution in [3.8, 4) is 0 Å².